The van der Waals surface area contributed by atoms with Crippen LogP contribution in [-0.2, 0) is 0 Å². The van der Waals surface area contributed by atoms with Crippen LogP contribution in [0.3, 0.4) is 0 Å². The number of allylic oxidation sites excluding steroid dienone is 2. The molecule has 20 heavy (non-hydrogen) atoms. The van der Waals surface area contributed by atoms with Gasteiger partial charge in [-0.15, -0.1) is 0 Å². The lowest BCUT2D eigenvalue weighted by atomic mass is 9.91. The van der Waals surface area contributed by atoms with Gasteiger partial charge in [0.05, 0.1) is 6.04 Å². The number of nitrogens with two attached hydrogens (primary N) is 1. The van der Waals surface area contributed by atoms with Gasteiger partial charge in [-0.1, -0.05) is 42.5 Å². The van der Waals surface area contributed by atoms with Crippen molar-refractivity contribution in [3.8, 4) is 0 Å². The SMILES string of the molecule is Nc1ccc2c(c1)C1C=CC=CC1N2c1ccccc1. The van der Waals surface area contributed by atoms with Crippen LogP contribution in [0.1, 0.15) is 11.5 Å². The summed E-state index contributed by atoms with van der Waals surface area (Å²) in [7, 11) is 0. The molecule has 4 rings (SSSR count). The first kappa shape index (κ1) is 11.4. The normalized spacial score (nSPS) is 22.7. The van der Waals surface area contributed by atoms with Crippen molar-refractivity contribution < 1.29 is 0 Å². The average molecular weight is 260 g/mol. The lowest BCUT2D eigenvalue weighted by molar-refractivity contribution is 0.745. The first-order valence-corrected chi connectivity index (χ1v) is 6.93. The number of benzene rings is 2. The van der Waals surface area contributed by atoms with Crippen LogP contribution in [0.4, 0.5) is 17.1 Å². The third-order valence-corrected chi connectivity index (χ3v) is 4.11. The summed E-state index contributed by atoms with van der Waals surface area (Å²) in [6.45, 7) is 0. The Bertz CT molecular complexity index is 701. The average Bonchev–Trinajstić information content (AvgIpc) is 2.82. The summed E-state index contributed by atoms with van der Waals surface area (Å²) in [5, 5.41) is 0. The first-order chi connectivity index (χ1) is 9.84. The maximum Gasteiger partial charge on any atom is 0.0629 e. The van der Waals surface area contributed by atoms with Crippen molar-refractivity contribution in [1.29, 1.82) is 0 Å². The van der Waals surface area contributed by atoms with Gasteiger partial charge >= 0.3 is 0 Å². The van der Waals surface area contributed by atoms with Gasteiger partial charge in [0.1, 0.15) is 0 Å². The smallest absolute Gasteiger partial charge is 0.0629 e. The first-order valence-electron chi connectivity index (χ1n) is 6.93. The summed E-state index contributed by atoms with van der Waals surface area (Å²) in [5.41, 5.74) is 10.6. The fourth-order valence-corrected chi connectivity index (χ4v) is 3.25. The van der Waals surface area contributed by atoms with Gasteiger partial charge in [-0.2, -0.15) is 0 Å². The molecule has 0 spiro atoms. The minimum absolute atomic E-state index is 0.346. The van der Waals surface area contributed by atoms with Crippen molar-refractivity contribution >= 4 is 17.1 Å². The topological polar surface area (TPSA) is 29.3 Å². The molecule has 2 heteroatoms. The van der Waals surface area contributed by atoms with Gasteiger partial charge < -0.3 is 10.6 Å². The van der Waals surface area contributed by atoms with Gasteiger partial charge in [0, 0.05) is 23.0 Å². The molecule has 0 radical (unpaired) electrons. The molecule has 2 aliphatic rings. The van der Waals surface area contributed by atoms with E-state index in [-0.39, 0.29) is 0 Å². The Hall–Kier alpha value is -2.48. The van der Waals surface area contributed by atoms with E-state index in [2.05, 4.69) is 71.7 Å². The highest BCUT2D eigenvalue weighted by Crippen LogP contribution is 2.47. The lowest BCUT2D eigenvalue weighted by Crippen LogP contribution is -2.28. The predicted molar refractivity (Wildman–Crippen MR) is 84.2 cm³/mol. The van der Waals surface area contributed by atoms with Crippen molar-refractivity contribution in [1.82, 2.24) is 0 Å². The standard InChI is InChI=1S/C18H16N2/c19-13-10-11-18-16(12-13)15-8-4-5-9-17(15)20(18)14-6-2-1-3-7-14/h1-12,15,17H,19H2. The van der Waals surface area contributed by atoms with E-state index in [1.807, 2.05) is 6.07 Å². The van der Waals surface area contributed by atoms with Crippen molar-refractivity contribution in [2.24, 2.45) is 0 Å². The van der Waals surface area contributed by atoms with E-state index in [1.165, 1.54) is 16.9 Å². The Morgan fingerprint density at radius 2 is 1.70 bits per heavy atom. The zero-order valence-corrected chi connectivity index (χ0v) is 11.1. The largest absolute Gasteiger partial charge is 0.399 e. The molecule has 0 amide bonds. The van der Waals surface area contributed by atoms with Crippen LogP contribution in [0, 0.1) is 0 Å². The highest BCUT2D eigenvalue weighted by Gasteiger charge is 2.37. The summed E-state index contributed by atoms with van der Waals surface area (Å²) in [5.74, 6) is 0.388. The zero-order valence-electron chi connectivity index (χ0n) is 11.1. The van der Waals surface area contributed by atoms with E-state index in [0.29, 0.717) is 12.0 Å². The van der Waals surface area contributed by atoms with Crippen LogP contribution in [0.2, 0.25) is 0 Å². The van der Waals surface area contributed by atoms with Crippen LogP contribution in [0.25, 0.3) is 0 Å². The molecule has 2 aromatic carbocycles. The Morgan fingerprint density at radius 3 is 2.55 bits per heavy atom. The number of anilines is 3. The highest BCUT2D eigenvalue weighted by atomic mass is 15.2. The zero-order chi connectivity index (χ0) is 13.5. The lowest BCUT2D eigenvalue weighted by Gasteiger charge is -2.28. The van der Waals surface area contributed by atoms with Crippen LogP contribution in [0.15, 0.2) is 72.8 Å². The summed E-state index contributed by atoms with van der Waals surface area (Å²) < 4.78 is 0. The van der Waals surface area contributed by atoms with Gasteiger partial charge in [-0.3, -0.25) is 0 Å². The fourth-order valence-electron chi connectivity index (χ4n) is 3.25. The predicted octanol–water partition coefficient (Wildman–Crippen LogP) is 4.00. The maximum atomic E-state index is 5.98. The quantitative estimate of drug-likeness (QED) is 0.785. The maximum absolute atomic E-state index is 5.98. The second-order valence-electron chi connectivity index (χ2n) is 5.31. The van der Waals surface area contributed by atoms with Crippen molar-refractivity contribution in [3.63, 3.8) is 0 Å². The van der Waals surface area contributed by atoms with Crippen LogP contribution in [-0.4, -0.2) is 6.04 Å². The van der Waals surface area contributed by atoms with E-state index in [0.717, 1.165) is 5.69 Å². The summed E-state index contributed by atoms with van der Waals surface area (Å²) in [6.07, 6.45) is 8.80. The Labute approximate surface area is 118 Å². The third-order valence-electron chi connectivity index (χ3n) is 4.11. The third kappa shape index (κ3) is 1.58. The molecule has 0 fully saturated rings. The Balaban J connectivity index is 1.91. The molecule has 2 atom stereocenters. The van der Waals surface area contributed by atoms with Gasteiger partial charge in [-0.25, -0.2) is 0 Å². The Morgan fingerprint density at radius 1 is 0.900 bits per heavy atom. The second kappa shape index (κ2) is 4.27. The monoisotopic (exact) mass is 260 g/mol. The molecule has 0 aromatic heterocycles. The Kier molecular flexibility index (Phi) is 2.43. The molecule has 98 valence electrons. The summed E-state index contributed by atoms with van der Waals surface area (Å²) >= 11 is 0. The number of nitrogen functional groups attached to an aromatic ring is 1. The van der Waals surface area contributed by atoms with Crippen LogP contribution in [0.5, 0.6) is 0 Å². The van der Waals surface area contributed by atoms with E-state index in [1.54, 1.807) is 0 Å². The molecule has 1 aliphatic carbocycles. The number of nitrogens with zero attached hydrogens (tertiary/aromatic N) is 1. The second-order valence-corrected chi connectivity index (χ2v) is 5.31. The van der Waals surface area contributed by atoms with Crippen molar-refractivity contribution in [2.45, 2.75) is 12.0 Å². The minimum atomic E-state index is 0.346. The molecule has 1 aliphatic heterocycles. The van der Waals surface area contributed by atoms with Crippen LogP contribution < -0.4 is 10.6 Å². The van der Waals surface area contributed by atoms with Gasteiger partial charge in [-0.05, 0) is 35.9 Å². The molecule has 2 unspecified atom stereocenters. The summed E-state index contributed by atoms with van der Waals surface area (Å²) in [4.78, 5) is 2.40. The van der Waals surface area contributed by atoms with E-state index < -0.39 is 0 Å². The molecule has 1 heterocycles. The number of rotatable bonds is 1. The minimum Gasteiger partial charge on any atom is -0.399 e. The highest BCUT2D eigenvalue weighted by molar-refractivity contribution is 5.76. The van der Waals surface area contributed by atoms with Gasteiger partial charge in [0.15, 0.2) is 0 Å². The summed E-state index contributed by atoms with van der Waals surface area (Å²) in [6, 6.07) is 17.1. The van der Waals surface area contributed by atoms with Crippen molar-refractivity contribution in [3.05, 3.63) is 78.4 Å². The molecular weight excluding hydrogens is 244 g/mol. The number of hydrogen-bond acceptors (Lipinski definition) is 2. The van der Waals surface area contributed by atoms with Crippen LogP contribution >= 0.6 is 0 Å². The molecule has 2 aromatic rings. The fraction of sp³-hybridized carbons (Fsp3) is 0.111. The van der Waals surface area contributed by atoms with Gasteiger partial charge in [0.25, 0.3) is 0 Å². The molecule has 0 saturated carbocycles. The number of para-hydroxylation sites is 1. The molecule has 2 nitrogen and oxygen atoms in total. The number of fused-ring (bicyclic) bond motifs is 3. The van der Waals surface area contributed by atoms with E-state index in [9.17, 15) is 0 Å². The van der Waals surface area contributed by atoms with Crippen molar-refractivity contribution in [2.75, 3.05) is 10.6 Å². The molecule has 0 bridgehead atoms. The van der Waals surface area contributed by atoms with E-state index >= 15 is 0 Å². The molecule has 2 N–H and O–H groups in total. The van der Waals surface area contributed by atoms with E-state index in [4.69, 9.17) is 5.73 Å². The molecular formula is C18H16N2. The number of hydrogen-bond donors (Lipinski definition) is 1. The van der Waals surface area contributed by atoms with Gasteiger partial charge in [0.2, 0.25) is 0 Å². The molecule has 0 saturated heterocycles.